The highest BCUT2D eigenvalue weighted by Crippen LogP contribution is 2.23. The van der Waals surface area contributed by atoms with Crippen LogP contribution in [-0.2, 0) is 6.54 Å². The molecule has 1 aromatic carbocycles. The van der Waals surface area contributed by atoms with Crippen LogP contribution in [0, 0.1) is 4.77 Å². The van der Waals surface area contributed by atoms with E-state index in [4.69, 9.17) is 23.8 Å². The number of halogens is 1. The Labute approximate surface area is 92.5 Å². The van der Waals surface area contributed by atoms with E-state index in [-0.39, 0.29) is 0 Å². The van der Waals surface area contributed by atoms with Crippen molar-refractivity contribution in [2.45, 2.75) is 19.9 Å². The largest absolute Gasteiger partial charge is 0.331 e. The molecule has 0 saturated heterocycles. The van der Waals surface area contributed by atoms with Crippen LogP contribution >= 0.6 is 23.8 Å². The Morgan fingerprint density at radius 3 is 3.00 bits per heavy atom. The number of para-hydroxylation sites is 1. The Morgan fingerprint density at radius 1 is 1.50 bits per heavy atom. The molecular formula is C10H11ClN2S. The molecule has 0 amide bonds. The Kier molecular flexibility index (Phi) is 2.61. The molecule has 1 heterocycles. The Bertz CT molecular complexity index is 512. The van der Waals surface area contributed by atoms with Gasteiger partial charge in [-0.15, -0.1) is 0 Å². The van der Waals surface area contributed by atoms with Gasteiger partial charge in [-0.25, -0.2) is 0 Å². The smallest absolute Gasteiger partial charge is 0.178 e. The van der Waals surface area contributed by atoms with Crippen LogP contribution in [0.15, 0.2) is 18.2 Å². The first-order chi connectivity index (χ1) is 6.74. The second-order valence-corrected chi connectivity index (χ2v) is 4.01. The van der Waals surface area contributed by atoms with Crippen LogP contribution in [0.1, 0.15) is 13.3 Å². The number of aromatic amines is 1. The van der Waals surface area contributed by atoms with Crippen LogP contribution in [-0.4, -0.2) is 9.55 Å². The summed E-state index contributed by atoms with van der Waals surface area (Å²) in [6.07, 6.45) is 1.05. The Hall–Kier alpha value is -0.800. The summed E-state index contributed by atoms with van der Waals surface area (Å²) < 4.78 is 2.79. The minimum atomic E-state index is 0.745. The number of aromatic nitrogens is 2. The first kappa shape index (κ1) is 9.74. The van der Waals surface area contributed by atoms with Crippen molar-refractivity contribution >= 4 is 34.9 Å². The van der Waals surface area contributed by atoms with Crippen molar-refractivity contribution in [1.29, 1.82) is 0 Å². The standard InChI is InChI=1S/C10H11ClN2S/c1-2-6-13-9-7(11)4-3-5-8(9)12-10(13)14/h3-5H,2,6H2,1H3,(H,12,14). The molecule has 0 atom stereocenters. The normalized spacial score (nSPS) is 11.0. The van der Waals surface area contributed by atoms with Crippen molar-refractivity contribution in [3.05, 3.63) is 28.0 Å². The molecule has 0 aliphatic rings. The third kappa shape index (κ3) is 1.47. The summed E-state index contributed by atoms with van der Waals surface area (Å²) in [5.41, 5.74) is 2.02. The molecule has 4 heteroatoms. The number of hydrogen-bond donors (Lipinski definition) is 1. The van der Waals surface area contributed by atoms with Gasteiger partial charge in [0.1, 0.15) is 0 Å². The lowest BCUT2D eigenvalue weighted by atomic mass is 10.3. The van der Waals surface area contributed by atoms with Gasteiger partial charge in [0.05, 0.1) is 16.1 Å². The monoisotopic (exact) mass is 226 g/mol. The summed E-state index contributed by atoms with van der Waals surface area (Å²) in [7, 11) is 0. The molecule has 1 N–H and O–H groups in total. The fourth-order valence-corrected chi connectivity index (χ4v) is 2.18. The highest BCUT2D eigenvalue weighted by Gasteiger charge is 2.06. The summed E-state index contributed by atoms with van der Waals surface area (Å²) >= 11 is 11.4. The van der Waals surface area contributed by atoms with Crippen molar-refractivity contribution in [2.24, 2.45) is 0 Å². The number of benzene rings is 1. The second-order valence-electron chi connectivity index (χ2n) is 3.22. The van der Waals surface area contributed by atoms with Gasteiger partial charge in [-0.05, 0) is 30.8 Å². The van der Waals surface area contributed by atoms with Crippen molar-refractivity contribution in [3.63, 3.8) is 0 Å². The van der Waals surface area contributed by atoms with Crippen LogP contribution in [0.2, 0.25) is 5.02 Å². The molecule has 14 heavy (non-hydrogen) atoms. The van der Waals surface area contributed by atoms with Gasteiger partial charge in [-0.1, -0.05) is 24.6 Å². The highest BCUT2D eigenvalue weighted by molar-refractivity contribution is 7.71. The van der Waals surface area contributed by atoms with Gasteiger partial charge in [-0.2, -0.15) is 0 Å². The molecule has 74 valence electrons. The Balaban J connectivity index is 2.79. The zero-order valence-electron chi connectivity index (χ0n) is 7.88. The molecule has 0 bridgehead atoms. The maximum absolute atomic E-state index is 6.12. The highest BCUT2D eigenvalue weighted by atomic mass is 35.5. The third-order valence-corrected chi connectivity index (χ3v) is 2.82. The predicted molar refractivity (Wildman–Crippen MR) is 62.4 cm³/mol. The molecule has 0 saturated carbocycles. The maximum Gasteiger partial charge on any atom is 0.178 e. The number of aryl methyl sites for hydroxylation is 1. The maximum atomic E-state index is 6.12. The molecular weight excluding hydrogens is 216 g/mol. The van der Waals surface area contributed by atoms with E-state index in [0.29, 0.717) is 0 Å². The average molecular weight is 227 g/mol. The number of nitrogens with one attached hydrogen (secondary N) is 1. The fourth-order valence-electron chi connectivity index (χ4n) is 1.61. The van der Waals surface area contributed by atoms with Crippen molar-refractivity contribution in [2.75, 3.05) is 0 Å². The molecule has 1 aromatic heterocycles. The summed E-state index contributed by atoms with van der Waals surface area (Å²) in [6, 6.07) is 5.80. The molecule has 0 aliphatic heterocycles. The van der Waals surface area contributed by atoms with E-state index in [9.17, 15) is 0 Å². The van der Waals surface area contributed by atoms with Gasteiger partial charge in [0, 0.05) is 6.54 Å². The Morgan fingerprint density at radius 2 is 2.29 bits per heavy atom. The number of rotatable bonds is 2. The summed E-state index contributed by atoms with van der Waals surface area (Å²) in [5, 5.41) is 0.753. The van der Waals surface area contributed by atoms with Crippen LogP contribution in [0.5, 0.6) is 0 Å². The van der Waals surface area contributed by atoms with E-state index in [2.05, 4.69) is 11.9 Å². The molecule has 0 spiro atoms. The quantitative estimate of drug-likeness (QED) is 0.774. The van der Waals surface area contributed by atoms with Crippen LogP contribution in [0.25, 0.3) is 11.0 Å². The molecule has 2 nitrogen and oxygen atoms in total. The zero-order chi connectivity index (χ0) is 10.1. The molecule has 2 rings (SSSR count). The fraction of sp³-hybridized carbons (Fsp3) is 0.300. The van der Waals surface area contributed by atoms with E-state index in [0.717, 1.165) is 33.8 Å². The summed E-state index contributed by atoms with van der Waals surface area (Å²) in [4.78, 5) is 3.15. The van der Waals surface area contributed by atoms with Crippen molar-refractivity contribution in [1.82, 2.24) is 9.55 Å². The minimum absolute atomic E-state index is 0.745. The first-order valence-corrected chi connectivity index (χ1v) is 5.39. The van der Waals surface area contributed by atoms with E-state index < -0.39 is 0 Å². The van der Waals surface area contributed by atoms with Crippen molar-refractivity contribution < 1.29 is 0 Å². The van der Waals surface area contributed by atoms with Gasteiger partial charge >= 0.3 is 0 Å². The summed E-state index contributed by atoms with van der Waals surface area (Å²) in [6.45, 7) is 3.03. The van der Waals surface area contributed by atoms with Gasteiger partial charge < -0.3 is 9.55 Å². The predicted octanol–water partition coefficient (Wildman–Crippen LogP) is 3.76. The van der Waals surface area contributed by atoms with Gasteiger partial charge in [0.15, 0.2) is 4.77 Å². The van der Waals surface area contributed by atoms with E-state index in [1.807, 2.05) is 22.8 Å². The molecule has 0 aliphatic carbocycles. The first-order valence-electron chi connectivity index (χ1n) is 4.61. The lowest BCUT2D eigenvalue weighted by molar-refractivity contribution is 0.689. The average Bonchev–Trinajstić information content (AvgIpc) is 2.45. The van der Waals surface area contributed by atoms with Crippen LogP contribution in [0.4, 0.5) is 0 Å². The molecule has 0 unspecified atom stereocenters. The second kappa shape index (κ2) is 3.75. The van der Waals surface area contributed by atoms with E-state index >= 15 is 0 Å². The van der Waals surface area contributed by atoms with Gasteiger partial charge in [-0.3, -0.25) is 0 Å². The van der Waals surface area contributed by atoms with Crippen LogP contribution < -0.4 is 0 Å². The van der Waals surface area contributed by atoms with E-state index in [1.54, 1.807) is 0 Å². The minimum Gasteiger partial charge on any atom is -0.331 e. The number of H-pyrrole nitrogens is 1. The SMILES string of the molecule is CCCn1c(=S)[nH]c2cccc(Cl)c21. The molecule has 0 fully saturated rings. The lowest BCUT2D eigenvalue weighted by Gasteiger charge is -2.02. The van der Waals surface area contributed by atoms with Gasteiger partial charge in [0.25, 0.3) is 0 Å². The van der Waals surface area contributed by atoms with Gasteiger partial charge in [0.2, 0.25) is 0 Å². The van der Waals surface area contributed by atoms with Crippen LogP contribution in [0.3, 0.4) is 0 Å². The summed E-state index contributed by atoms with van der Waals surface area (Å²) in [5.74, 6) is 0. The number of fused-ring (bicyclic) bond motifs is 1. The number of imidazole rings is 1. The van der Waals surface area contributed by atoms with Crippen molar-refractivity contribution in [3.8, 4) is 0 Å². The lowest BCUT2D eigenvalue weighted by Crippen LogP contribution is -1.96. The molecule has 0 radical (unpaired) electrons. The zero-order valence-corrected chi connectivity index (χ0v) is 9.45. The number of hydrogen-bond acceptors (Lipinski definition) is 1. The topological polar surface area (TPSA) is 20.7 Å². The number of nitrogens with zero attached hydrogens (tertiary/aromatic N) is 1. The molecule has 2 aromatic rings. The van der Waals surface area contributed by atoms with E-state index in [1.165, 1.54) is 0 Å². The third-order valence-electron chi connectivity index (χ3n) is 2.19.